The maximum atomic E-state index is 13.3. The average Bonchev–Trinajstić information content (AvgIpc) is 2.48. The van der Waals surface area contributed by atoms with E-state index < -0.39 is 5.82 Å². The lowest BCUT2D eigenvalue weighted by Crippen LogP contribution is -2.03. The van der Waals surface area contributed by atoms with Gasteiger partial charge in [0.2, 0.25) is 0 Å². The zero-order valence-electron chi connectivity index (χ0n) is 12.4. The lowest BCUT2D eigenvalue weighted by Gasteiger charge is -2.12. The van der Waals surface area contributed by atoms with E-state index in [9.17, 15) is 4.39 Å². The van der Waals surface area contributed by atoms with Crippen LogP contribution >= 0.6 is 0 Å². The first-order chi connectivity index (χ1) is 10.0. The molecule has 0 heterocycles. The number of rotatable bonds is 4. The van der Waals surface area contributed by atoms with Gasteiger partial charge in [-0.3, -0.25) is 0 Å². The quantitative estimate of drug-likeness (QED) is 0.519. The lowest BCUT2D eigenvalue weighted by molar-refractivity contribution is 0.302. The predicted octanol–water partition coefficient (Wildman–Crippen LogP) is 4.22. The molecule has 0 amide bonds. The van der Waals surface area contributed by atoms with Crippen molar-refractivity contribution < 1.29 is 14.3 Å². The topological polar surface area (TPSA) is 41.8 Å². The molecular weight excluding hydrogens is 269 g/mol. The van der Waals surface area contributed by atoms with Crippen molar-refractivity contribution in [3.8, 4) is 5.75 Å². The molecule has 0 aliphatic rings. The zero-order valence-corrected chi connectivity index (χ0v) is 12.4. The average molecular weight is 287 g/mol. The number of hydrogen-bond acceptors (Lipinski definition) is 3. The summed E-state index contributed by atoms with van der Waals surface area (Å²) in [6, 6.07) is 10.3. The molecule has 2 aromatic carbocycles. The fraction of sp³-hybridized carbons (Fsp3) is 0.235. The summed E-state index contributed by atoms with van der Waals surface area (Å²) in [4.78, 5) is 0. The molecule has 0 atom stereocenters. The Kier molecular flexibility index (Phi) is 4.58. The Bertz CT molecular complexity index is 680. The van der Waals surface area contributed by atoms with Crippen LogP contribution in [0.1, 0.15) is 29.2 Å². The van der Waals surface area contributed by atoms with Gasteiger partial charge in [0.15, 0.2) is 0 Å². The molecule has 21 heavy (non-hydrogen) atoms. The van der Waals surface area contributed by atoms with E-state index in [2.05, 4.69) is 18.1 Å². The van der Waals surface area contributed by atoms with E-state index in [0.29, 0.717) is 23.6 Å². The first-order valence-electron chi connectivity index (χ1n) is 6.69. The van der Waals surface area contributed by atoms with Crippen molar-refractivity contribution in [1.29, 1.82) is 0 Å². The van der Waals surface area contributed by atoms with Crippen LogP contribution in [-0.2, 0) is 6.61 Å². The van der Waals surface area contributed by atoms with E-state index in [4.69, 9.17) is 9.94 Å². The van der Waals surface area contributed by atoms with E-state index >= 15 is 0 Å². The molecule has 0 saturated carbocycles. The van der Waals surface area contributed by atoms with Crippen LogP contribution in [0.3, 0.4) is 0 Å². The summed E-state index contributed by atoms with van der Waals surface area (Å²) in [6.07, 6.45) is 0. The van der Waals surface area contributed by atoms with E-state index in [0.717, 1.165) is 5.56 Å². The van der Waals surface area contributed by atoms with Gasteiger partial charge in [-0.2, -0.15) is 0 Å². The number of oxime groups is 1. The molecule has 0 aromatic heterocycles. The Morgan fingerprint density at radius 3 is 2.57 bits per heavy atom. The summed E-state index contributed by atoms with van der Waals surface area (Å²) in [7, 11) is 0. The predicted molar refractivity (Wildman–Crippen MR) is 80.6 cm³/mol. The minimum Gasteiger partial charge on any atom is -0.488 e. The van der Waals surface area contributed by atoms with Crippen molar-refractivity contribution in [3.05, 3.63) is 64.5 Å². The van der Waals surface area contributed by atoms with Gasteiger partial charge in [0.05, 0.1) is 5.71 Å². The first-order valence-corrected chi connectivity index (χ1v) is 6.69. The molecule has 0 radical (unpaired) electrons. The summed E-state index contributed by atoms with van der Waals surface area (Å²) >= 11 is 0. The molecule has 2 aromatic rings. The highest BCUT2D eigenvalue weighted by molar-refractivity contribution is 6.00. The first kappa shape index (κ1) is 15.0. The van der Waals surface area contributed by atoms with Gasteiger partial charge < -0.3 is 9.94 Å². The van der Waals surface area contributed by atoms with Gasteiger partial charge in [0.25, 0.3) is 0 Å². The fourth-order valence-electron chi connectivity index (χ4n) is 2.02. The van der Waals surface area contributed by atoms with Gasteiger partial charge in [0.1, 0.15) is 18.2 Å². The van der Waals surface area contributed by atoms with Crippen LogP contribution in [0.2, 0.25) is 0 Å². The van der Waals surface area contributed by atoms with Crippen molar-refractivity contribution in [2.45, 2.75) is 27.4 Å². The number of nitrogens with zero attached hydrogens (tertiary/aromatic N) is 1. The number of ether oxygens (including phenoxy) is 1. The molecule has 2 rings (SSSR count). The molecule has 0 aliphatic heterocycles. The van der Waals surface area contributed by atoms with Crippen LogP contribution in [0.4, 0.5) is 4.39 Å². The fourth-order valence-corrected chi connectivity index (χ4v) is 2.02. The standard InChI is InChI=1S/C17H18FNO2/c1-11-4-5-14(8-12(11)2)10-21-17-7-6-15(18)9-16(17)13(3)19-20/h4-9,20H,10H2,1-3H3/b19-13-. The normalized spacial score (nSPS) is 11.5. The highest BCUT2D eigenvalue weighted by Gasteiger charge is 2.09. The molecule has 0 unspecified atom stereocenters. The van der Waals surface area contributed by atoms with Crippen LogP contribution in [0.15, 0.2) is 41.6 Å². The van der Waals surface area contributed by atoms with Crippen molar-refractivity contribution >= 4 is 5.71 Å². The van der Waals surface area contributed by atoms with E-state index in [1.54, 1.807) is 13.0 Å². The summed E-state index contributed by atoms with van der Waals surface area (Å²) in [5.74, 6) is 0.0939. The number of hydrogen-bond donors (Lipinski definition) is 1. The highest BCUT2D eigenvalue weighted by atomic mass is 19.1. The summed E-state index contributed by atoms with van der Waals surface area (Å²) in [6.45, 7) is 6.07. The Balaban J connectivity index is 2.21. The van der Waals surface area contributed by atoms with Gasteiger partial charge in [-0.15, -0.1) is 0 Å². The van der Waals surface area contributed by atoms with Crippen molar-refractivity contribution in [1.82, 2.24) is 0 Å². The molecule has 110 valence electrons. The Morgan fingerprint density at radius 1 is 1.14 bits per heavy atom. The number of halogens is 1. The second-order valence-electron chi connectivity index (χ2n) is 5.03. The highest BCUT2D eigenvalue weighted by Crippen LogP contribution is 2.22. The van der Waals surface area contributed by atoms with Crippen molar-refractivity contribution in [2.75, 3.05) is 0 Å². The van der Waals surface area contributed by atoms with Crippen LogP contribution in [-0.4, -0.2) is 10.9 Å². The monoisotopic (exact) mass is 287 g/mol. The SMILES string of the molecule is C/C(=N/O)c1cc(F)ccc1OCc1ccc(C)c(C)c1. The van der Waals surface area contributed by atoms with Crippen LogP contribution in [0, 0.1) is 19.7 Å². The van der Waals surface area contributed by atoms with Gasteiger partial charge in [0, 0.05) is 5.56 Å². The lowest BCUT2D eigenvalue weighted by atomic mass is 10.1. The van der Waals surface area contributed by atoms with Gasteiger partial charge >= 0.3 is 0 Å². The molecule has 0 fully saturated rings. The Morgan fingerprint density at radius 2 is 1.90 bits per heavy atom. The molecule has 4 heteroatoms. The van der Waals surface area contributed by atoms with Gasteiger partial charge in [-0.1, -0.05) is 23.4 Å². The molecule has 0 saturated heterocycles. The van der Waals surface area contributed by atoms with Gasteiger partial charge in [-0.25, -0.2) is 4.39 Å². The number of aryl methyl sites for hydroxylation is 2. The molecule has 0 aliphatic carbocycles. The molecular formula is C17H18FNO2. The Hall–Kier alpha value is -2.36. The number of benzene rings is 2. The second-order valence-corrected chi connectivity index (χ2v) is 5.03. The third kappa shape index (κ3) is 3.60. The van der Waals surface area contributed by atoms with Gasteiger partial charge in [-0.05, 0) is 55.7 Å². The third-order valence-electron chi connectivity index (χ3n) is 3.45. The van der Waals surface area contributed by atoms with Crippen molar-refractivity contribution in [3.63, 3.8) is 0 Å². The smallest absolute Gasteiger partial charge is 0.129 e. The Labute approximate surface area is 123 Å². The van der Waals surface area contributed by atoms with E-state index in [-0.39, 0.29) is 0 Å². The van der Waals surface area contributed by atoms with Crippen LogP contribution in [0.5, 0.6) is 5.75 Å². The van der Waals surface area contributed by atoms with E-state index in [1.165, 1.54) is 23.3 Å². The van der Waals surface area contributed by atoms with Crippen LogP contribution in [0.25, 0.3) is 0 Å². The minimum atomic E-state index is -0.397. The second kappa shape index (κ2) is 6.39. The molecule has 1 N–H and O–H groups in total. The van der Waals surface area contributed by atoms with E-state index in [1.807, 2.05) is 19.1 Å². The summed E-state index contributed by atoms with van der Waals surface area (Å²) < 4.78 is 19.0. The maximum Gasteiger partial charge on any atom is 0.129 e. The van der Waals surface area contributed by atoms with Crippen LogP contribution < -0.4 is 4.74 Å². The molecule has 0 spiro atoms. The zero-order chi connectivity index (χ0) is 15.4. The minimum absolute atomic E-state index is 0.310. The largest absolute Gasteiger partial charge is 0.488 e. The third-order valence-corrected chi connectivity index (χ3v) is 3.45. The maximum absolute atomic E-state index is 13.3. The van der Waals surface area contributed by atoms with Crippen molar-refractivity contribution in [2.24, 2.45) is 5.16 Å². The summed E-state index contributed by atoms with van der Waals surface area (Å²) in [5.41, 5.74) is 4.21. The summed E-state index contributed by atoms with van der Waals surface area (Å²) in [5, 5.41) is 12.0. The molecule has 3 nitrogen and oxygen atoms in total. The molecule has 0 bridgehead atoms.